The van der Waals surface area contributed by atoms with Gasteiger partial charge in [0.25, 0.3) is 0 Å². The zero-order valence-electron chi connectivity index (χ0n) is 37.6. The molecule has 0 aliphatic heterocycles. The van der Waals surface area contributed by atoms with Gasteiger partial charge < -0.3 is 29.4 Å². The quantitative estimate of drug-likeness (QED) is 0.0283. The molecule has 1 unspecified atom stereocenters. The topological polar surface area (TPSA) is 178 Å². The van der Waals surface area contributed by atoms with Crippen LogP contribution in [0.15, 0.2) is 152 Å². The van der Waals surface area contributed by atoms with Gasteiger partial charge in [0.05, 0.1) is 26.2 Å². The van der Waals surface area contributed by atoms with Gasteiger partial charge in [0.1, 0.15) is 19.8 Å². The number of carbonyl (C=O) groups is 6. The number of amides is 1. The number of rotatable bonds is 29. The number of aliphatic carboxylic acids is 1. The van der Waals surface area contributed by atoms with Crippen molar-refractivity contribution in [1.82, 2.24) is 15.1 Å². The monoisotopic (exact) mass is 913 g/mol. The van der Waals surface area contributed by atoms with Gasteiger partial charge in [-0.2, -0.15) is 0 Å². The Labute approximate surface area is 391 Å². The van der Waals surface area contributed by atoms with Crippen molar-refractivity contribution in [3.63, 3.8) is 0 Å². The zero-order valence-corrected chi connectivity index (χ0v) is 37.6. The molecule has 0 aromatic heterocycles. The maximum absolute atomic E-state index is 14.3. The summed E-state index contributed by atoms with van der Waals surface area (Å²) < 4.78 is 23.2. The molecule has 0 radical (unpaired) electrons. The van der Waals surface area contributed by atoms with E-state index in [1.54, 1.807) is 4.90 Å². The molecule has 1 atom stereocenters. The molecule has 0 saturated carbocycles. The van der Waals surface area contributed by atoms with Crippen molar-refractivity contribution in [1.29, 1.82) is 0 Å². The summed E-state index contributed by atoms with van der Waals surface area (Å²) in [4.78, 5) is 82.5. The van der Waals surface area contributed by atoms with Crippen LogP contribution in [0, 0.1) is 0 Å². The third-order valence-corrected chi connectivity index (χ3v) is 10.6. The highest BCUT2D eigenvalue weighted by molar-refractivity contribution is 5.77. The Morgan fingerprint density at radius 1 is 0.493 bits per heavy atom. The average Bonchev–Trinajstić information content (AvgIpc) is 3.34. The van der Waals surface area contributed by atoms with E-state index in [4.69, 9.17) is 24.1 Å². The highest BCUT2D eigenvalue weighted by atomic mass is 16.6. The van der Waals surface area contributed by atoms with Crippen LogP contribution in [-0.2, 0) is 67.5 Å². The van der Waals surface area contributed by atoms with E-state index in [1.165, 1.54) is 4.90 Å². The first-order valence-corrected chi connectivity index (χ1v) is 22.4. The summed E-state index contributed by atoms with van der Waals surface area (Å²) in [5, 5.41) is 11.9. The van der Waals surface area contributed by atoms with Gasteiger partial charge in [-0.25, -0.2) is 0 Å². The SMILES string of the molecule is O=C(O)CCCCCNC(=O)CCC(CN(CC(=O)OCc1ccccc1)CC(=O)OCc1ccccc1)N(CC(=O)OCc1ccccc1)CC(=O)OC(c1ccccc1)c1ccccc1. The van der Waals surface area contributed by atoms with E-state index in [0.717, 1.165) is 27.8 Å². The molecule has 0 spiro atoms. The van der Waals surface area contributed by atoms with Crippen LogP contribution in [0.1, 0.15) is 72.4 Å². The van der Waals surface area contributed by atoms with Crippen molar-refractivity contribution in [3.05, 3.63) is 179 Å². The van der Waals surface area contributed by atoms with Crippen LogP contribution in [0.2, 0.25) is 0 Å². The summed E-state index contributed by atoms with van der Waals surface area (Å²) in [6.07, 6.45) is 0.906. The number of nitrogens with one attached hydrogen (secondary N) is 1. The number of ether oxygens (including phenoxy) is 4. The summed E-state index contributed by atoms with van der Waals surface area (Å²) in [6, 6.07) is 45.0. The number of esters is 4. The molecule has 14 nitrogen and oxygen atoms in total. The van der Waals surface area contributed by atoms with Crippen molar-refractivity contribution in [2.75, 3.05) is 39.3 Å². The predicted octanol–water partition coefficient (Wildman–Crippen LogP) is 7.06. The van der Waals surface area contributed by atoms with Gasteiger partial charge in [-0.05, 0) is 47.1 Å². The normalized spacial score (nSPS) is 11.4. The Hall–Kier alpha value is -7.16. The zero-order chi connectivity index (χ0) is 47.5. The van der Waals surface area contributed by atoms with Crippen LogP contribution < -0.4 is 5.32 Å². The number of hydrogen-bond acceptors (Lipinski definition) is 12. The Morgan fingerprint density at radius 3 is 1.36 bits per heavy atom. The Balaban J connectivity index is 1.42. The Morgan fingerprint density at radius 2 is 0.910 bits per heavy atom. The fourth-order valence-corrected chi connectivity index (χ4v) is 7.18. The highest BCUT2D eigenvalue weighted by Gasteiger charge is 2.31. The maximum Gasteiger partial charge on any atom is 0.321 e. The van der Waals surface area contributed by atoms with Gasteiger partial charge in [0.2, 0.25) is 5.91 Å². The molecule has 0 aliphatic carbocycles. The summed E-state index contributed by atoms with van der Waals surface area (Å²) in [5.41, 5.74) is 3.72. The fourth-order valence-electron chi connectivity index (χ4n) is 7.18. The smallest absolute Gasteiger partial charge is 0.321 e. The summed E-state index contributed by atoms with van der Waals surface area (Å²) >= 11 is 0. The highest BCUT2D eigenvalue weighted by Crippen LogP contribution is 2.26. The summed E-state index contributed by atoms with van der Waals surface area (Å²) in [5.74, 6) is -3.82. The molecule has 1 amide bonds. The fraction of sp³-hybridized carbons (Fsp3) is 0.321. The number of hydrogen-bond donors (Lipinski definition) is 2. The lowest BCUT2D eigenvalue weighted by Gasteiger charge is -2.34. The van der Waals surface area contributed by atoms with E-state index in [0.29, 0.717) is 25.8 Å². The van der Waals surface area contributed by atoms with Crippen molar-refractivity contribution < 1.29 is 52.8 Å². The first-order valence-electron chi connectivity index (χ1n) is 22.4. The van der Waals surface area contributed by atoms with Crippen LogP contribution in [0.5, 0.6) is 0 Å². The summed E-state index contributed by atoms with van der Waals surface area (Å²) in [6.45, 7) is -1.42. The number of carbonyl (C=O) groups excluding carboxylic acids is 5. The maximum atomic E-state index is 14.3. The van der Waals surface area contributed by atoms with Gasteiger partial charge in [-0.1, -0.05) is 158 Å². The first kappa shape index (κ1) is 50.8. The standard InChI is InChI=1S/C53H59N3O11/c57-47(54-32-18-6-17-29-48(58)59)31-30-46(33-55(34-49(60)64-38-41-19-7-1-8-20-41)35-50(61)65-39-42-21-9-2-10-22-42)56(36-51(62)66-40-43-23-11-3-12-24-43)37-52(63)67-53(44-25-13-4-14-26-44)45-27-15-5-16-28-45/h1-5,7-16,19-28,46,53H,6,17-18,29-40H2,(H,54,57)(H,58,59). The van der Waals surface area contributed by atoms with Gasteiger partial charge in [0.15, 0.2) is 6.10 Å². The lowest BCUT2D eigenvalue weighted by atomic mass is 10.0. The second-order valence-corrected chi connectivity index (χ2v) is 16.0. The van der Waals surface area contributed by atoms with E-state index >= 15 is 0 Å². The summed E-state index contributed by atoms with van der Waals surface area (Å²) in [7, 11) is 0. The van der Waals surface area contributed by atoms with E-state index in [-0.39, 0.29) is 64.6 Å². The van der Waals surface area contributed by atoms with E-state index in [1.807, 2.05) is 152 Å². The van der Waals surface area contributed by atoms with E-state index in [2.05, 4.69) is 5.32 Å². The number of benzene rings is 5. The molecule has 0 fully saturated rings. The number of nitrogens with zero attached hydrogens (tertiary/aromatic N) is 2. The number of carboxylic acids is 1. The molecule has 352 valence electrons. The number of unbranched alkanes of at least 4 members (excludes halogenated alkanes) is 2. The molecule has 0 bridgehead atoms. The average molecular weight is 914 g/mol. The van der Waals surface area contributed by atoms with Crippen LogP contribution in [0.4, 0.5) is 0 Å². The second-order valence-electron chi connectivity index (χ2n) is 16.0. The van der Waals surface area contributed by atoms with Gasteiger partial charge in [0, 0.05) is 32.0 Å². The Bertz CT molecular complexity index is 2170. The van der Waals surface area contributed by atoms with Crippen LogP contribution >= 0.6 is 0 Å². The molecule has 67 heavy (non-hydrogen) atoms. The largest absolute Gasteiger partial charge is 0.481 e. The van der Waals surface area contributed by atoms with Crippen molar-refractivity contribution >= 4 is 35.8 Å². The molecular weight excluding hydrogens is 855 g/mol. The van der Waals surface area contributed by atoms with Crippen molar-refractivity contribution in [3.8, 4) is 0 Å². The van der Waals surface area contributed by atoms with Crippen LogP contribution in [0.25, 0.3) is 0 Å². The van der Waals surface area contributed by atoms with Crippen LogP contribution in [-0.4, -0.2) is 96.0 Å². The third-order valence-electron chi connectivity index (χ3n) is 10.6. The minimum absolute atomic E-state index is 0.0128. The first-order chi connectivity index (χ1) is 32.6. The lowest BCUT2D eigenvalue weighted by Crippen LogP contribution is -2.51. The van der Waals surface area contributed by atoms with E-state index < -0.39 is 55.1 Å². The van der Waals surface area contributed by atoms with E-state index in [9.17, 15) is 28.8 Å². The van der Waals surface area contributed by atoms with Crippen LogP contribution in [0.3, 0.4) is 0 Å². The molecule has 5 aromatic rings. The van der Waals surface area contributed by atoms with Gasteiger partial charge in [-0.3, -0.25) is 38.6 Å². The van der Waals surface area contributed by atoms with Gasteiger partial charge in [-0.15, -0.1) is 0 Å². The minimum Gasteiger partial charge on any atom is -0.481 e. The molecule has 2 N–H and O–H groups in total. The molecule has 0 saturated heterocycles. The third kappa shape index (κ3) is 19.9. The molecule has 5 rings (SSSR count). The Kier molecular flexibility index (Phi) is 21.8. The molecule has 0 aliphatic rings. The lowest BCUT2D eigenvalue weighted by molar-refractivity contribution is -0.155. The molecule has 0 heterocycles. The predicted molar refractivity (Wildman–Crippen MR) is 250 cm³/mol. The molecular formula is C53H59N3O11. The van der Waals surface area contributed by atoms with Crippen molar-refractivity contribution in [2.24, 2.45) is 0 Å². The van der Waals surface area contributed by atoms with Crippen molar-refractivity contribution in [2.45, 2.75) is 70.5 Å². The second kappa shape index (κ2) is 28.7. The molecule has 5 aromatic carbocycles. The van der Waals surface area contributed by atoms with Gasteiger partial charge >= 0.3 is 29.8 Å². The molecule has 14 heteroatoms. The number of carboxylic acid groups (broad SMARTS) is 1. The minimum atomic E-state index is -0.883.